The van der Waals surface area contributed by atoms with Gasteiger partial charge in [0.15, 0.2) is 0 Å². The van der Waals surface area contributed by atoms with Crippen LogP contribution in [0.4, 0.5) is 18.9 Å². The summed E-state index contributed by atoms with van der Waals surface area (Å²) in [5.41, 5.74) is 0.332. The Morgan fingerprint density at radius 1 is 1.05 bits per heavy atom. The fourth-order valence-electron chi connectivity index (χ4n) is 3.80. The molecule has 0 spiro atoms. The molecule has 0 radical (unpaired) electrons. The molecule has 2 amide bonds. The molecule has 1 N–H and O–H groups in total. The molecule has 2 rings (SSSR count). The van der Waals surface area contributed by atoms with Gasteiger partial charge in [0.1, 0.15) is 12.6 Å². The predicted octanol–water partition coefficient (Wildman–Crippen LogP) is 4.36. The monoisotopic (exact) mass is 541 g/mol. The number of amides is 2. The lowest BCUT2D eigenvalue weighted by molar-refractivity contribution is -0.140. The van der Waals surface area contributed by atoms with E-state index in [0.717, 1.165) is 29.5 Å². The number of benzene rings is 2. The minimum atomic E-state index is -4.69. The molecular formula is C26H34F3N3O4S. The normalized spacial score (nSPS) is 12.8. The van der Waals surface area contributed by atoms with Crippen molar-refractivity contribution in [2.45, 2.75) is 52.9 Å². The molecule has 2 aromatic carbocycles. The summed E-state index contributed by atoms with van der Waals surface area (Å²) < 4.78 is 65.7. The number of rotatable bonds is 11. The molecule has 1 unspecified atom stereocenters. The van der Waals surface area contributed by atoms with Gasteiger partial charge in [0, 0.05) is 13.1 Å². The first-order valence-electron chi connectivity index (χ1n) is 11.9. The molecule has 1 atom stereocenters. The van der Waals surface area contributed by atoms with Crippen molar-refractivity contribution in [1.29, 1.82) is 0 Å². The Bertz CT molecular complexity index is 1200. The Kier molecular flexibility index (Phi) is 10.1. The van der Waals surface area contributed by atoms with Gasteiger partial charge in [-0.15, -0.1) is 0 Å². The van der Waals surface area contributed by atoms with Gasteiger partial charge in [0.05, 0.1) is 17.5 Å². The summed E-state index contributed by atoms with van der Waals surface area (Å²) >= 11 is 0. The van der Waals surface area contributed by atoms with Gasteiger partial charge in [0.2, 0.25) is 21.8 Å². The zero-order valence-corrected chi connectivity index (χ0v) is 22.5. The van der Waals surface area contributed by atoms with Crippen LogP contribution in [0, 0.1) is 12.8 Å². The second kappa shape index (κ2) is 12.4. The van der Waals surface area contributed by atoms with Crippen LogP contribution in [0.5, 0.6) is 0 Å². The maximum atomic E-state index is 13.6. The van der Waals surface area contributed by atoms with E-state index in [1.54, 1.807) is 19.1 Å². The molecule has 7 nitrogen and oxygen atoms in total. The maximum Gasteiger partial charge on any atom is 0.416 e. The van der Waals surface area contributed by atoms with E-state index in [2.05, 4.69) is 5.32 Å². The number of aryl methyl sites for hydroxylation is 1. The van der Waals surface area contributed by atoms with E-state index in [4.69, 9.17) is 0 Å². The van der Waals surface area contributed by atoms with Gasteiger partial charge in [0.25, 0.3) is 0 Å². The van der Waals surface area contributed by atoms with Crippen LogP contribution in [-0.2, 0) is 32.3 Å². The minimum absolute atomic E-state index is 0.0221. The lowest BCUT2D eigenvalue weighted by Crippen LogP contribution is -2.52. The van der Waals surface area contributed by atoms with Crippen molar-refractivity contribution in [3.63, 3.8) is 0 Å². The van der Waals surface area contributed by atoms with Crippen LogP contribution in [0.3, 0.4) is 0 Å². The molecule has 0 aliphatic rings. The first-order chi connectivity index (χ1) is 17.1. The van der Waals surface area contributed by atoms with Crippen LogP contribution >= 0.6 is 0 Å². The summed E-state index contributed by atoms with van der Waals surface area (Å²) in [6.45, 7) is 7.11. The molecule has 0 bridgehead atoms. The van der Waals surface area contributed by atoms with Gasteiger partial charge < -0.3 is 10.2 Å². The van der Waals surface area contributed by atoms with Crippen molar-refractivity contribution in [1.82, 2.24) is 10.2 Å². The smallest absolute Gasteiger partial charge is 0.354 e. The molecule has 0 aliphatic heterocycles. The Morgan fingerprint density at radius 2 is 1.70 bits per heavy atom. The number of nitrogens with zero attached hydrogens (tertiary/aromatic N) is 2. The summed E-state index contributed by atoms with van der Waals surface area (Å²) in [5.74, 6) is -0.929. The van der Waals surface area contributed by atoms with Crippen molar-refractivity contribution in [2.75, 3.05) is 23.7 Å². The molecule has 0 saturated carbocycles. The SMILES string of the molecule is CCC(C(=O)NCC(C)C)N(Cc1cccc(C)c1)C(=O)CN(c1cccc(C(F)(F)F)c1)S(C)(=O)=O. The fourth-order valence-corrected chi connectivity index (χ4v) is 4.64. The van der Waals surface area contributed by atoms with Gasteiger partial charge in [-0.3, -0.25) is 13.9 Å². The van der Waals surface area contributed by atoms with Crippen LogP contribution in [0.15, 0.2) is 48.5 Å². The van der Waals surface area contributed by atoms with Crippen LogP contribution in [0.1, 0.15) is 43.9 Å². The number of alkyl halides is 3. The van der Waals surface area contributed by atoms with E-state index in [1.165, 1.54) is 11.0 Å². The number of hydrogen-bond acceptors (Lipinski definition) is 4. The maximum absolute atomic E-state index is 13.6. The summed E-state index contributed by atoms with van der Waals surface area (Å²) in [7, 11) is -4.14. The highest BCUT2D eigenvalue weighted by molar-refractivity contribution is 7.92. The van der Waals surface area contributed by atoms with Crippen molar-refractivity contribution >= 4 is 27.5 Å². The summed E-state index contributed by atoms with van der Waals surface area (Å²) in [6, 6.07) is 10.2. The lowest BCUT2D eigenvalue weighted by Gasteiger charge is -2.33. The third-order valence-electron chi connectivity index (χ3n) is 5.65. The molecular weight excluding hydrogens is 507 g/mol. The standard InChI is InChI=1S/C26H34F3N3O4S/c1-6-23(25(34)30-15-18(2)3)31(16-20-10-7-9-19(4)13-20)24(33)17-32(37(5,35)36)22-12-8-11-21(14-22)26(27,28)29/h7-14,18,23H,6,15-17H2,1-5H3,(H,30,34). The van der Waals surface area contributed by atoms with Crippen molar-refractivity contribution in [3.8, 4) is 0 Å². The molecule has 11 heteroatoms. The van der Waals surface area contributed by atoms with E-state index in [0.29, 0.717) is 16.9 Å². The molecule has 0 saturated heterocycles. The highest BCUT2D eigenvalue weighted by Crippen LogP contribution is 2.32. The van der Waals surface area contributed by atoms with E-state index in [-0.39, 0.29) is 30.5 Å². The zero-order valence-electron chi connectivity index (χ0n) is 21.7. The van der Waals surface area contributed by atoms with Gasteiger partial charge in [-0.2, -0.15) is 13.2 Å². The third kappa shape index (κ3) is 8.77. The molecule has 0 aromatic heterocycles. The van der Waals surface area contributed by atoms with Gasteiger partial charge in [-0.25, -0.2) is 8.42 Å². The predicted molar refractivity (Wildman–Crippen MR) is 137 cm³/mol. The average molecular weight is 542 g/mol. The highest BCUT2D eigenvalue weighted by Gasteiger charge is 2.34. The number of carbonyl (C=O) groups excluding carboxylic acids is 2. The van der Waals surface area contributed by atoms with E-state index in [1.807, 2.05) is 32.9 Å². The summed E-state index contributed by atoms with van der Waals surface area (Å²) in [4.78, 5) is 27.9. The van der Waals surface area contributed by atoms with E-state index >= 15 is 0 Å². The average Bonchev–Trinajstić information content (AvgIpc) is 2.79. The van der Waals surface area contributed by atoms with Gasteiger partial charge in [-0.1, -0.05) is 56.7 Å². The van der Waals surface area contributed by atoms with Crippen molar-refractivity contribution < 1.29 is 31.2 Å². The van der Waals surface area contributed by atoms with Gasteiger partial charge in [-0.05, 0) is 43.0 Å². The largest absolute Gasteiger partial charge is 0.416 e. The molecule has 204 valence electrons. The first kappa shape index (κ1) is 30.1. The summed E-state index contributed by atoms with van der Waals surface area (Å²) in [5, 5.41) is 2.82. The number of anilines is 1. The van der Waals surface area contributed by atoms with Crippen molar-refractivity contribution in [2.24, 2.45) is 5.92 Å². The number of hydrogen-bond donors (Lipinski definition) is 1. The zero-order chi connectivity index (χ0) is 28.0. The molecule has 2 aromatic rings. The topological polar surface area (TPSA) is 86.8 Å². The van der Waals surface area contributed by atoms with Crippen LogP contribution in [-0.4, -0.2) is 50.5 Å². The van der Waals surface area contributed by atoms with E-state index in [9.17, 15) is 31.2 Å². The number of halogens is 3. The molecule has 37 heavy (non-hydrogen) atoms. The Morgan fingerprint density at radius 3 is 2.24 bits per heavy atom. The first-order valence-corrected chi connectivity index (χ1v) is 13.8. The van der Waals surface area contributed by atoms with Crippen LogP contribution in [0.2, 0.25) is 0 Å². The van der Waals surface area contributed by atoms with E-state index < -0.39 is 40.3 Å². The molecule has 0 heterocycles. The third-order valence-corrected chi connectivity index (χ3v) is 6.79. The van der Waals surface area contributed by atoms with Gasteiger partial charge >= 0.3 is 6.18 Å². The highest BCUT2D eigenvalue weighted by atomic mass is 32.2. The Labute approximate surface area is 216 Å². The number of sulfonamides is 1. The molecule has 0 fully saturated rings. The lowest BCUT2D eigenvalue weighted by atomic mass is 10.1. The quantitative estimate of drug-likeness (QED) is 0.458. The second-order valence-corrected chi connectivity index (χ2v) is 11.3. The summed E-state index contributed by atoms with van der Waals surface area (Å²) in [6.07, 6.45) is -3.62. The van der Waals surface area contributed by atoms with Crippen LogP contribution in [0.25, 0.3) is 0 Å². The van der Waals surface area contributed by atoms with Crippen LogP contribution < -0.4 is 9.62 Å². The van der Waals surface area contributed by atoms with Crippen molar-refractivity contribution in [3.05, 3.63) is 65.2 Å². The fraction of sp³-hybridized carbons (Fsp3) is 0.462. The Hall–Kier alpha value is -3.08. The Balaban J connectivity index is 2.47. The minimum Gasteiger partial charge on any atom is -0.354 e. The molecule has 0 aliphatic carbocycles. The number of nitrogens with one attached hydrogen (secondary N) is 1. The second-order valence-electron chi connectivity index (χ2n) is 9.39. The number of carbonyl (C=O) groups is 2.